The van der Waals surface area contributed by atoms with Crippen LogP contribution >= 0.6 is 0 Å². The highest BCUT2D eigenvalue weighted by Crippen LogP contribution is 2.36. The van der Waals surface area contributed by atoms with Gasteiger partial charge >= 0.3 is 0 Å². The van der Waals surface area contributed by atoms with Crippen molar-refractivity contribution in [2.75, 3.05) is 6.61 Å². The average molecular weight is 478 g/mol. The Hall–Kier alpha value is -3.94. The van der Waals surface area contributed by atoms with E-state index < -0.39 is 10.8 Å². The summed E-state index contributed by atoms with van der Waals surface area (Å²) in [5.74, 6) is 0.846. The first kappa shape index (κ1) is 25.7. The summed E-state index contributed by atoms with van der Waals surface area (Å²) in [6.45, 7) is 10.9. The Labute approximate surface area is 205 Å². The third-order valence-electron chi connectivity index (χ3n) is 5.35. The Bertz CT molecular complexity index is 1200. The first-order valence-corrected chi connectivity index (χ1v) is 11.3. The summed E-state index contributed by atoms with van der Waals surface area (Å²) in [5, 5.41) is 15.1. The van der Waals surface area contributed by atoms with Gasteiger partial charge < -0.3 is 9.15 Å². The number of furan rings is 1. The van der Waals surface area contributed by atoms with Crippen LogP contribution in [-0.4, -0.2) is 23.7 Å². The van der Waals surface area contributed by atoms with Gasteiger partial charge in [0.1, 0.15) is 17.3 Å². The smallest absolute Gasteiger partial charge is 0.280 e. The van der Waals surface area contributed by atoms with Crippen LogP contribution < -0.4 is 10.2 Å². The summed E-state index contributed by atoms with van der Waals surface area (Å²) in [7, 11) is 0. The van der Waals surface area contributed by atoms with Crippen LogP contribution in [0, 0.1) is 15.5 Å². The molecule has 0 unspecified atom stereocenters. The van der Waals surface area contributed by atoms with Gasteiger partial charge in [0.05, 0.1) is 16.7 Å². The van der Waals surface area contributed by atoms with Crippen LogP contribution in [0.25, 0.3) is 11.3 Å². The van der Waals surface area contributed by atoms with Gasteiger partial charge in [-0.15, -0.1) is 0 Å². The Morgan fingerprint density at radius 3 is 2.40 bits per heavy atom. The molecule has 2 aromatic carbocycles. The number of nitro groups is 1. The van der Waals surface area contributed by atoms with E-state index in [1.165, 1.54) is 17.8 Å². The lowest BCUT2D eigenvalue weighted by Gasteiger charge is -2.33. The molecule has 0 saturated carbocycles. The molecule has 0 atom stereocenters. The van der Waals surface area contributed by atoms with Crippen LogP contribution in [0.4, 0.5) is 5.69 Å². The van der Waals surface area contributed by atoms with Crippen LogP contribution in [0.3, 0.4) is 0 Å². The summed E-state index contributed by atoms with van der Waals surface area (Å²) in [5.41, 5.74) is 4.15. The SMILES string of the molecule is CC(C)(C)CC(C)(C)c1ccc(OCC(=O)NN=Cc2ccc(-c3ccccc3[N+](=O)[O-])o2)cc1. The van der Waals surface area contributed by atoms with Crippen molar-refractivity contribution in [3.63, 3.8) is 0 Å². The zero-order valence-electron chi connectivity index (χ0n) is 20.7. The molecule has 0 aliphatic rings. The number of hydrazone groups is 1. The van der Waals surface area contributed by atoms with E-state index >= 15 is 0 Å². The second-order valence-corrected chi connectivity index (χ2v) is 10.2. The van der Waals surface area contributed by atoms with E-state index in [-0.39, 0.29) is 23.1 Å². The van der Waals surface area contributed by atoms with Gasteiger partial charge in [-0.3, -0.25) is 14.9 Å². The normalized spacial score (nSPS) is 12.0. The maximum Gasteiger partial charge on any atom is 0.280 e. The first-order valence-electron chi connectivity index (χ1n) is 11.3. The number of amides is 1. The zero-order chi connectivity index (χ0) is 25.6. The van der Waals surface area contributed by atoms with Crippen LogP contribution in [-0.2, 0) is 10.2 Å². The number of para-hydroxylation sites is 1. The van der Waals surface area contributed by atoms with E-state index in [2.05, 4.69) is 45.1 Å². The van der Waals surface area contributed by atoms with Gasteiger partial charge in [-0.1, -0.05) is 58.9 Å². The Morgan fingerprint density at radius 2 is 1.74 bits per heavy atom. The lowest BCUT2D eigenvalue weighted by atomic mass is 9.72. The molecular weight excluding hydrogens is 446 g/mol. The van der Waals surface area contributed by atoms with Crippen molar-refractivity contribution in [1.29, 1.82) is 0 Å². The molecule has 35 heavy (non-hydrogen) atoms. The highest BCUT2D eigenvalue weighted by Gasteiger charge is 2.27. The fourth-order valence-corrected chi connectivity index (χ4v) is 4.19. The van der Waals surface area contributed by atoms with E-state index in [1.807, 2.05) is 24.3 Å². The maximum absolute atomic E-state index is 12.1. The summed E-state index contributed by atoms with van der Waals surface area (Å²) >= 11 is 0. The van der Waals surface area contributed by atoms with Crippen molar-refractivity contribution in [2.45, 2.75) is 46.5 Å². The number of hydrogen-bond donors (Lipinski definition) is 1. The number of hydrogen-bond acceptors (Lipinski definition) is 6. The van der Waals surface area contributed by atoms with Crippen molar-refractivity contribution in [2.24, 2.45) is 10.5 Å². The van der Waals surface area contributed by atoms with Gasteiger partial charge in [0, 0.05) is 6.07 Å². The fraction of sp³-hybridized carbons (Fsp3) is 0.333. The molecule has 0 aliphatic heterocycles. The van der Waals surface area contributed by atoms with Crippen LogP contribution in [0.5, 0.6) is 5.75 Å². The van der Waals surface area contributed by atoms with Crippen molar-refractivity contribution in [3.8, 4) is 17.1 Å². The van der Waals surface area contributed by atoms with Gasteiger partial charge in [0.15, 0.2) is 6.61 Å². The van der Waals surface area contributed by atoms with Crippen LogP contribution in [0.15, 0.2) is 70.2 Å². The quantitative estimate of drug-likeness (QED) is 0.228. The van der Waals surface area contributed by atoms with E-state index in [0.29, 0.717) is 22.8 Å². The number of carbonyl (C=O) groups excluding carboxylic acids is 1. The molecule has 8 nitrogen and oxygen atoms in total. The summed E-state index contributed by atoms with van der Waals surface area (Å²) in [4.78, 5) is 22.8. The highest BCUT2D eigenvalue weighted by atomic mass is 16.6. The standard InChI is InChI=1S/C27H31N3O5/c1-26(2,3)18-27(4,5)19-10-12-20(13-11-19)34-17-25(31)29-28-16-21-14-15-24(35-21)22-8-6-7-9-23(22)30(32)33/h6-16H,17-18H2,1-5H3,(H,29,31). The lowest BCUT2D eigenvalue weighted by molar-refractivity contribution is -0.384. The molecule has 0 fully saturated rings. The molecule has 1 N–H and O–H groups in total. The largest absolute Gasteiger partial charge is 0.484 e. The van der Waals surface area contributed by atoms with Gasteiger partial charge in [0.2, 0.25) is 0 Å². The number of nitrogens with one attached hydrogen (secondary N) is 1. The van der Waals surface area contributed by atoms with Gasteiger partial charge in [-0.25, -0.2) is 5.43 Å². The summed E-state index contributed by atoms with van der Waals surface area (Å²) < 4.78 is 11.2. The molecule has 1 heterocycles. The summed E-state index contributed by atoms with van der Waals surface area (Å²) in [6.07, 6.45) is 2.36. The van der Waals surface area contributed by atoms with Gasteiger partial charge in [-0.05, 0) is 53.1 Å². The number of nitrogens with zero attached hydrogens (tertiary/aromatic N) is 2. The van der Waals surface area contributed by atoms with Crippen molar-refractivity contribution in [1.82, 2.24) is 5.43 Å². The molecule has 3 aromatic rings. The van der Waals surface area contributed by atoms with Crippen LogP contribution in [0.1, 0.15) is 52.4 Å². The average Bonchev–Trinajstić information content (AvgIpc) is 3.25. The number of benzene rings is 2. The molecule has 0 aliphatic carbocycles. The molecule has 1 aromatic heterocycles. The zero-order valence-corrected chi connectivity index (χ0v) is 20.7. The van der Waals surface area contributed by atoms with E-state index in [4.69, 9.17) is 9.15 Å². The Morgan fingerprint density at radius 1 is 1.06 bits per heavy atom. The molecule has 8 heteroatoms. The monoisotopic (exact) mass is 477 g/mol. The predicted octanol–water partition coefficient (Wildman–Crippen LogP) is 6.10. The predicted molar refractivity (Wildman–Crippen MR) is 136 cm³/mol. The minimum atomic E-state index is -0.466. The van der Waals surface area contributed by atoms with Gasteiger partial charge in [-0.2, -0.15) is 5.10 Å². The maximum atomic E-state index is 12.1. The van der Waals surface area contributed by atoms with Crippen molar-refractivity contribution >= 4 is 17.8 Å². The molecular formula is C27H31N3O5. The first-order chi connectivity index (χ1) is 16.4. The molecule has 0 saturated heterocycles. The fourth-order valence-electron chi connectivity index (χ4n) is 4.19. The number of nitro benzene ring substituents is 1. The van der Waals surface area contributed by atoms with Crippen molar-refractivity contribution < 1.29 is 18.9 Å². The second-order valence-electron chi connectivity index (χ2n) is 10.2. The Balaban J connectivity index is 1.52. The van der Waals surface area contributed by atoms with Gasteiger partial charge in [0.25, 0.3) is 11.6 Å². The molecule has 3 rings (SSSR count). The van der Waals surface area contributed by atoms with Crippen molar-refractivity contribution in [3.05, 3.63) is 82.1 Å². The van der Waals surface area contributed by atoms with E-state index in [0.717, 1.165) is 6.42 Å². The minimum absolute atomic E-state index is 0.0278. The van der Waals surface area contributed by atoms with Crippen LogP contribution in [0.2, 0.25) is 0 Å². The topological polar surface area (TPSA) is 107 Å². The third-order valence-corrected chi connectivity index (χ3v) is 5.35. The summed E-state index contributed by atoms with van der Waals surface area (Å²) in [6, 6.07) is 17.3. The lowest BCUT2D eigenvalue weighted by Crippen LogP contribution is -2.25. The minimum Gasteiger partial charge on any atom is -0.484 e. The third kappa shape index (κ3) is 7.27. The Kier molecular flexibility index (Phi) is 7.74. The molecule has 184 valence electrons. The molecule has 0 bridgehead atoms. The number of carbonyl (C=O) groups is 1. The van der Waals surface area contributed by atoms with E-state index in [9.17, 15) is 14.9 Å². The second kappa shape index (κ2) is 10.5. The number of ether oxygens (including phenoxy) is 1. The molecule has 0 spiro atoms. The molecule has 0 radical (unpaired) electrons. The number of rotatable bonds is 9. The molecule has 1 amide bonds. The van der Waals surface area contributed by atoms with E-state index in [1.54, 1.807) is 30.3 Å². The highest BCUT2D eigenvalue weighted by molar-refractivity contribution is 5.82.